The van der Waals surface area contributed by atoms with E-state index in [0.717, 1.165) is 16.8 Å². The van der Waals surface area contributed by atoms with Gasteiger partial charge in [-0.05, 0) is 37.1 Å². The van der Waals surface area contributed by atoms with E-state index >= 15 is 0 Å². The minimum Gasteiger partial charge on any atom is -0.341 e. The van der Waals surface area contributed by atoms with Crippen molar-refractivity contribution in [1.29, 1.82) is 0 Å². The van der Waals surface area contributed by atoms with E-state index in [9.17, 15) is 9.59 Å². The van der Waals surface area contributed by atoms with Crippen LogP contribution in [-0.4, -0.2) is 36.0 Å². The summed E-state index contributed by atoms with van der Waals surface area (Å²) in [5.74, 6) is 0.0928. The van der Waals surface area contributed by atoms with Gasteiger partial charge in [-0.1, -0.05) is 42.0 Å². The van der Waals surface area contributed by atoms with Gasteiger partial charge in [0.2, 0.25) is 5.91 Å². The highest BCUT2D eigenvalue weighted by Crippen LogP contribution is 2.22. The Morgan fingerprint density at radius 1 is 1.08 bits per heavy atom. The number of nitrogens with zero attached hydrogens (tertiary/aromatic N) is 1. The molecule has 1 heterocycles. The normalized spacial score (nSPS) is 16.8. The first kappa shape index (κ1) is 17.0. The Morgan fingerprint density at radius 2 is 1.68 bits per heavy atom. The standard InChI is InChI=1S/C20H23N3O2/c1-3-23-13-18(12-19(23)24)22-20(25)21-17-10-8-16(9-11-17)15-6-4-14(2)5-7-15/h4-11,18H,3,12-13H2,1-2H3,(H2,21,22,25)/t18-/m0/s1. The van der Waals surface area contributed by atoms with E-state index < -0.39 is 0 Å². The summed E-state index contributed by atoms with van der Waals surface area (Å²) in [6.07, 6.45) is 0.369. The number of benzene rings is 2. The van der Waals surface area contributed by atoms with Crippen molar-refractivity contribution >= 4 is 17.6 Å². The van der Waals surface area contributed by atoms with Crippen molar-refractivity contribution < 1.29 is 9.59 Å². The zero-order valence-corrected chi connectivity index (χ0v) is 14.6. The maximum absolute atomic E-state index is 12.1. The summed E-state index contributed by atoms with van der Waals surface area (Å²) in [6.45, 7) is 5.26. The van der Waals surface area contributed by atoms with E-state index in [-0.39, 0.29) is 18.0 Å². The Morgan fingerprint density at radius 3 is 2.24 bits per heavy atom. The average molecular weight is 337 g/mol. The van der Waals surface area contributed by atoms with Crippen molar-refractivity contribution in [3.63, 3.8) is 0 Å². The molecule has 25 heavy (non-hydrogen) atoms. The van der Waals surface area contributed by atoms with Crippen molar-refractivity contribution in [3.05, 3.63) is 54.1 Å². The number of aryl methyl sites for hydroxylation is 1. The quantitative estimate of drug-likeness (QED) is 0.898. The Bertz CT molecular complexity index is 754. The molecule has 0 bridgehead atoms. The molecule has 2 aromatic rings. The first-order valence-corrected chi connectivity index (χ1v) is 8.57. The molecule has 1 saturated heterocycles. The van der Waals surface area contributed by atoms with Crippen LogP contribution in [0.4, 0.5) is 10.5 Å². The van der Waals surface area contributed by atoms with Gasteiger partial charge in [0, 0.05) is 25.2 Å². The highest BCUT2D eigenvalue weighted by atomic mass is 16.2. The first-order chi connectivity index (χ1) is 12.0. The Labute approximate surface area is 148 Å². The SMILES string of the molecule is CCN1C[C@@H](NC(=O)Nc2ccc(-c3ccc(C)cc3)cc2)CC1=O. The number of hydrogen-bond acceptors (Lipinski definition) is 2. The van der Waals surface area contributed by atoms with E-state index in [1.807, 2.05) is 31.2 Å². The predicted octanol–water partition coefficient (Wildman–Crippen LogP) is 3.40. The van der Waals surface area contributed by atoms with Gasteiger partial charge in [-0.3, -0.25) is 4.79 Å². The van der Waals surface area contributed by atoms with Crippen LogP contribution in [0.1, 0.15) is 18.9 Å². The fourth-order valence-electron chi connectivity index (χ4n) is 3.02. The van der Waals surface area contributed by atoms with Gasteiger partial charge in [0.15, 0.2) is 0 Å². The van der Waals surface area contributed by atoms with Crippen LogP contribution in [0.25, 0.3) is 11.1 Å². The van der Waals surface area contributed by atoms with Crippen LogP contribution in [-0.2, 0) is 4.79 Å². The second-order valence-corrected chi connectivity index (χ2v) is 6.38. The first-order valence-electron chi connectivity index (χ1n) is 8.57. The molecule has 1 aliphatic rings. The van der Waals surface area contributed by atoms with Crippen molar-refractivity contribution in [1.82, 2.24) is 10.2 Å². The van der Waals surface area contributed by atoms with Crippen molar-refractivity contribution in [2.75, 3.05) is 18.4 Å². The van der Waals surface area contributed by atoms with Gasteiger partial charge in [0.1, 0.15) is 0 Å². The molecule has 3 rings (SSSR count). The molecule has 0 saturated carbocycles. The molecule has 0 spiro atoms. The maximum Gasteiger partial charge on any atom is 0.319 e. The minimum atomic E-state index is -0.279. The molecule has 2 aromatic carbocycles. The van der Waals surface area contributed by atoms with Crippen LogP contribution in [0.5, 0.6) is 0 Å². The fraction of sp³-hybridized carbons (Fsp3) is 0.300. The fourth-order valence-corrected chi connectivity index (χ4v) is 3.02. The molecule has 1 atom stereocenters. The largest absolute Gasteiger partial charge is 0.341 e. The summed E-state index contributed by atoms with van der Waals surface area (Å²) >= 11 is 0. The number of amides is 3. The van der Waals surface area contributed by atoms with E-state index in [1.165, 1.54) is 5.56 Å². The number of hydrogen-bond donors (Lipinski definition) is 2. The number of urea groups is 1. The average Bonchev–Trinajstić information content (AvgIpc) is 2.95. The monoisotopic (exact) mass is 337 g/mol. The molecule has 1 aliphatic heterocycles. The summed E-state index contributed by atoms with van der Waals surface area (Å²) in [6, 6.07) is 15.7. The molecule has 0 unspecified atom stereocenters. The molecular formula is C20H23N3O2. The Kier molecular flexibility index (Phi) is 5.03. The maximum atomic E-state index is 12.1. The van der Waals surface area contributed by atoms with E-state index in [4.69, 9.17) is 0 Å². The number of anilines is 1. The molecule has 5 heteroatoms. The van der Waals surface area contributed by atoms with Gasteiger partial charge in [-0.25, -0.2) is 4.79 Å². The van der Waals surface area contributed by atoms with Crippen molar-refractivity contribution in [2.24, 2.45) is 0 Å². The van der Waals surface area contributed by atoms with Gasteiger partial charge in [-0.15, -0.1) is 0 Å². The van der Waals surface area contributed by atoms with E-state index in [2.05, 4.69) is 41.8 Å². The van der Waals surface area contributed by atoms with Gasteiger partial charge in [0.05, 0.1) is 6.04 Å². The topological polar surface area (TPSA) is 61.4 Å². The molecule has 130 valence electrons. The molecule has 5 nitrogen and oxygen atoms in total. The van der Waals surface area contributed by atoms with E-state index in [0.29, 0.717) is 19.5 Å². The highest BCUT2D eigenvalue weighted by Gasteiger charge is 2.29. The van der Waals surface area contributed by atoms with Gasteiger partial charge < -0.3 is 15.5 Å². The van der Waals surface area contributed by atoms with Crippen molar-refractivity contribution in [3.8, 4) is 11.1 Å². The number of nitrogens with one attached hydrogen (secondary N) is 2. The molecular weight excluding hydrogens is 314 g/mol. The van der Waals surface area contributed by atoms with Gasteiger partial charge in [0.25, 0.3) is 0 Å². The summed E-state index contributed by atoms with van der Waals surface area (Å²) in [5, 5.41) is 5.69. The predicted molar refractivity (Wildman–Crippen MR) is 99.4 cm³/mol. The summed E-state index contributed by atoms with van der Waals surface area (Å²) in [5.41, 5.74) is 4.20. The lowest BCUT2D eigenvalue weighted by atomic mass is 10.0. The zero-order valence-electron chi connectivity index (χ0n) is 14.6. The molecule has 1 fully saturated rings. The van der Waals surface area contributed by atoms with Gasteiger partial charge in [-0.2, -0.15) is 0 Å². The Balaban J connectivity index is 1.57. The number of carbonyl (C=O) groups excluding carboxylic acids is 2. The third kappa shape index (κ3) is 4.18. The van der Waals surface area contributed by atoms with Gasteiger partial charge >= 0.3 is 6.03 Å². The molecule has 2 N–H and O–H groups in total. The highest BCUT2D eigenvalue weighted by molar-refractivity contribution is 5.90. The smallest absolute Gasteiger partial charge is 0.319 e. The number of likely N-dealkylation sites (tertiary alicyclic amines) is 1. The lowest BCUT2D eigenvalue weighted by Gasteiger charge is -2.15. The third-order valence-electron chi connectivity index (χ3n) is 4.46. The van der Waals surface area contributed by atoms with Crippen LogP contribution in [0.15, 0.2) is 48.5 Å². The lowest BCUT2D eigenvalue weighted by Crippen LogP contribution is -2.39. The number of likely N-dealkylation sites (N-methyl/N-ethyl adjacent to an activating group) is 1. The molecule has 0 aromatic heterocycles. The van der Waals surface area contributed by atoms with Crippen LogP contribution < -0.4 is 10.6 Å². The van der Waals surface area contributed by atoms with Crippen LogP contribution >= 0.6 is 0 Å². The van der Waals surface area contributed by atoms with Crippen molar-refractivity contribution in [2.45, 2.75) is 26.3 Å². The lowest BCUT2D eigenvalue weighted by molar-refractivity contribution is -0.127. The minimum absolute atomic E-state index is 0.0928. The second-order valence-electron chi connectivity index (χ2n) is 6.38. The molecule has 3 amide bonds. The zero-order chi connectivity index (χ0) is 17.8. The molecule has 0 aliphatic carbocycles. The van der Waals surface area contributed by atoms with Crippen LogP contribution in [0.2, 0.25) is 0 Å². The summed E-state index contributed by atoms with van der Waals surface area (Å²) in [4.78, 5) is 25.6. The summed E-state index contributed by atoms with van der Waals surface area (Å²) in [7, 11) is 0. The Hall–Kier alpha value is -2.82. The van der Waals surface area contributed by atoms with E-state index in [1.54, 1.807) is 4.90 Å². The second kappa shape index (κ2) is 7.38. The van der Waals surface area contributed by atoms with Crippen LogP contribution in [0.3, 0.4) is 0 Å². The number of rotatable bonds is 4. The molecule has 0 radical (unpaired) electrons. The number of carbonyl (C=O) groups is 2. The summed E-state index contributed by atoms with van der Waals surface area (Å²) < 4.78 is 0. The van der Waals surface area contributed by atoms with Crippen LogP contribution in [0, 0.1) is 6.92 Å². The third-order valence-corrected chi connectivity index (χ3v) is 4.46.